The highest BCUT2D eigenvalue weighted by molar-refractivity contribution is 9.10. The summed E-state index contributed by atoms with van der Waals surface area (Å²) in [6, 6.07) is 14.1. The number of unbranched alkanes of at least 4 members (excludes halogenated alkanes) is 1. The van der Waals surface area contributed by atoms with Crippen molar-refractivity contribution < 1.29 is 9.53 Å². The molecule has 0 saturated heterocycles. The van der Waals surface area contributed by atoms with E-state index in [0.717, 1.165) is 39.2 Å². The summed E-state index contributed by atoms with van der Waals surface area (Å²) in [7, 11) is 1.80. The fourth-order valence-corrected chi connectivity index (χ4v) is 4.25. The normalized spacial score (nSPS) is 18.4. The van der Waals surface area contributed by atoms with E-state index in [2.05, 4.69) is 40.0 Å². The van der Waals surface area contributed by atoms with E-state index in [1.807, 2.05) is 42.5 Å². The zero-order chi connectivity index (χ0) is 20.4. The summed E-state index contributed by atoms with van der Waals surface area (Å²) in [5, 5.41) is 0. The Bertz CT molecular complexity index is 983. The van der Waals surface area contributed by atoms with Crippen LogP contribution in [0.4, 0.5) is 11.4 Å². The van der Waals surface area contributed by atoms with Crippen molar-refractivity contribution in [1.82, 2.24) is 0 Å². The van der Waals surface area contributed by atoms with Crippen molar-refractivity contribution in [1.29, 1.82) is 0 Å². The van der Waals surface area contributed by atoms with Crippen molar-refractivity contribution in [2.24, 2.45) is 0 Å². The highest BCUT2D eigenvalue weighted by Crippen LogP contribution is 2.44. The molecule has 2 aromatic carbocycles. The first-order chi connectivity index (χ1) is 14.1. The number of rotatable bonds is 5. The first-order valence-electron chi connectivity index (χ1n) is 10.1. The second-order valence-electron chi connectivity index (χ2n) is 7.46. The van der Waals surface area contributed by atoms with Gasteiger partial charge in [0.25, 0.3) is 5.91 Å². The fraction of sp³-hybridized carbons (Fsp3) is 0.292. The van der Waals surface area contributed by atoms with Crippen LogP contribution in [-0.2, 0) is 4.79 Å². The lowest BCUT2D eigenvalue weighted by molar-refractivity contribution is -0.113. The Balaban J connectivity index is 1.65. The molecular formula is C24H25BrN2O2. The number of likely N-dealkylation sites (N-methyl/N-ethyl adjacent to an activating group) is 1. The number of hydrogen-bond acceptors (Lipinski definition) is 3. The number of amides is 1. The predicted octanol–water partition coefficient (Wildman–Crippen LogP) is 5.78. The number of allylic oxidation sites excluding steroid dienone is 2. The molecule has 0 fully saturated rings. The van der Waals surface area contributed by atoms with Crippen molar-refractivity contribution in [3.63, 3.8) is 0 Å². The topological polar surface area (TPSA) is 32.8 Å². The highest BCUT2D eigenvalue weighted by atomic mass is 79.9. The summed E-state index contributed by atoms with van der Waals surface area (Å²) in [5.74, 6) is 0.825. The number of halogens is 1. The number of benzene rings is 2. The number of carbonyl (C=O) groups excluding carboxylic acids is 1. The van der Waals surface area contributed by atoms with Gasteiger partial charge in [-0.05, 0) is 42.3 Å². The Morgan fingerprint density at radius 2 is 2.14 bits per heavy atom. The molecule has 0 radical (unpaired) electrons. The Morgan fingerprint density at radius 1 is 1.31 bits per heavy atom. The number of para-hydroxylation sites is 1. The van der Waals surface area contributed by atoms with Gasteiger partial charge in [-0.3, -0.25) is 4.79 Å². The third-order valence-corrected chi connectivity index (χ3v) is 6.00. The maximum atomic E-state index is 12.9. The molecule has 0 spiro atoms. The number of ether oxygens (including phenoxy) is 1. The molecule has 150 valence electrons. The molecule has 1 unspecified atom stereocenters. The van der Waals surface area contributed by atoms with Crippen molar-refractivity contribution in [2.45, 2.75) is 32.2 Å². The van der Waals surface area contributed by atoms with Crippen LogP contribution in [0.3, 0.4) is 0 Å². The summed E-state index contributed by atoms with van der Waals surface area (Å²) in [4.78, 5) is 16.9. The minimum Gasteiger partial charge on any atom is -0.489 e. The fourth-order valence-electron chi connectivity index (χ4n) is 3.86. The Hall–Kier alpha value is -2.53. The molecule has 2 aliphatic rings. The standard InChI is InChI=1S/C24H25BrN2O2/c1-3-4-8-20-16-29-22-11-6-10-21-17(12-13-27(20)24(21)22)14-23(28)26(2)19-9-5-7-18(25)15-19/h5-7,9-15,20H,3-4,8,16H2,1-2H3/b17-14+. The smallest absolute Gasteiger partial charge is 0.251 e. The van der Waals surface area contributed by atoms with Gasteiger partial charge in [-0.15, -0.1) is 0 Å². The van der Waals surface area contributed by atoms with Gasteiger partial charge < -0.3 is 14.5 Å². The lowest BCUT2D eigenvalue weighted by Gasteiger charge is -2.40. The summed E-state index contributed by atoms with van der Waals surface area (Å²) in [6.45, 7) is 2.91. The predicted molar refractivity (Wildman–Crippen MR) is 122 cm³/mol. The van der Waals surface area contributed by atoms with E-state index in [0.29, 0.717) is 12.6 Å². The molecule has 2 aromatic rings. The molecule has 4 rings (SSSR count). The molecule has 1 amide bonds. The van der Waals surface area contributed by atoms with Gasteiger partial charge in [0.1, 0.15) is 12.4 Å². The quantitative estimate of drug-likeness (QED) is 0.538. The number of hydrogen-bond donors (Lipinski definition) is 0. The van der Waals surface area contributed by atoms with E-state index in [1.165, 1.54) is 12.8 Å². The van der Waals surface area contributed by atoms with Crippen molar-refractivity contribution in [3.8, 4) is 5.75 Å². The van der Waals surface area contributed by atoms with Gasteiger partial charge in [0.05, 0.1) is 11.7 Å². The minimum atomic E-state index is -0.0620. The van der Waals surface area contributed by atoms with Gasteiger partial charge in [0, 0.05) is 35.0 Å². The molecule has 1 atom stereocenters. The van der Waals surface area contributed by atoms with Gasteiger partial charge in [-0.1, -0.05) is 53.9 Å². The lowest BCUT2D eigenvalue weighted by Crippen LogP contribution is -2.41. The summed E-state index contributed by atoms with van der Waals surface area (Å²) in [5.41, 5.74) is 3.87. The second-order valence-corrected chi connectivity index (χ2v) is 8.37. The molecule has 2 heterocycles. The van der Waals surface area contributed by atoms with Crippen LogP contribution >= 0.6 is 15.9 Å². The van der Waals surface area contributed by atoms with Crippen LogP contribution in [0.15, 0.2) is 65.3 Å². The van der Waals surface area contributed by atoms with Crippen LogP contribution in [0, 0.1) is 0 Å². The largest absolute Gasteiger partial charge is 0.489 e. The number of nitrogens with zero attached hydrogens (tertiary/aromatic N) is 2. The van der Waals surface area contributed by atoms with Crippen molar-refractivity contribution >= 4 is 38.8 Å². The van der Waals surface area contributed by atoms with Crippen molar-refractivity contribution in [2.75, 3.05) is 23.5 Å². The summed E-state index contributed by atoms with van der Waals surface area (Å²) >= 11 is 3.47. The SMILES string of the molecule is CCCCC1COc2cccc3c2N1C=C/C3=C\C(=O)N(C)c1cccc(Br)c1. The first kappa shape index (κ1) is 19.8. The van der Waals surface area contributed by atoms with Crippen LogP contribution < -0.4 is 14.5 Å². The Morgan fingerprint density at radius 3 is 2.93 bits per heavy atom. The summed E-state index contributed by atoms with van der Waals surface area (Å²) < 4.78 is 7.01. The average Bonchev–Trinajstić information content (AvgIpc) is 2.74. The Kier molecular flexibility index (Phi) is 5.76. The molecule has 0 saturated carbocycles. The van der Waals surface area contributed by atoms with E-state index < -0.39 is 0 Å². The van der Waals surface area contributed by atoms with Crippen LogP contribution in [0.25, 0.3) is 5.57 Å². The third-order valence-electron chi connectivity index (χ3n) is 5.50. The second kappa shape index (κ2) is 8.46. The van der Waals surface area contributed by atoms with E-state index in [4.69, 9.17) is 4.74 Å². The van der Waals surface area contributed by atoms with E-state index in [-0.39, 0.29) is 5.91 Å². The lowest BCUT2D eigenvalue weighted by atomic mass is 9.95. The number of carbonyl (C=O) groups is 1. The zero-order valence-corrected chi connectivity index (χ0v) is 18.4. The molecule has 2 aliphatic heterocycles. The molecular weight excluding hydrogens is 428 g/mol. The number of anilines is 2. The maximum Gasteiger partial charge on any atom is 0.251 e. The van der Waals surface area contributed by atoms with E-state index in [1.54, 1.807) is 18.0 Å². The van der Waals surface area contributed by atoms with Gasteiger partial charge in [-0.25, -0.2) is 0 Å². The molecule has 0 bridgehead atoms. The van der Waals surface area contributed by atoms with Gasteiger partial charge in [-0.2, -0.15) is 0 Å². The minimum absolute atomic E-state index is 0.0620. The monoisotopic (exact) mass is 452 g/mol. The van der Waals surface area contributed by atoms with Crippen LogP contribution in [0.1, 0.15) is 31.7 Å². The average molecular weight is 453 g/mol. The molecule has 29 heavy (non-hydrogen) atoms. The van der Waals surface area contributed by atoms with Crippen LogP contribution in [-0.4, -0.2) is 25.6 Å². The van der Waals surface area contributed by atoms with Gasteiger partial charge in [0.2, 0.25) is 0 Å². The van der Waals surface area contributed by atoms with Crippen molar-refractivity contribution in [3.05, 3.63) is 70.9 Å². The first-order valence-corrected chi connectivity index (χ1v) is 10.9. The molecule has 4 nitrogen and oxygen atoms in total. The third kappa shape index (κ3) is 3.97. The van der Waals surface area contributed by atoms with Crippen LogP contribution in [0.2, 0.25) is 0 Å². The van der Waals surface area contributed by atoms with E-state index >= 15 is 0 Å². The molecule has 0 aliphatic carbocycles. The van der Waals surface area contributed by atoms with E-state index in [9.17, 15) is 4.79 Å². The maximum absolute atomic E-state index is 12.9. The molecule has 0 N–H and O–H groups in total. The van der Waals surface area contributed by atoms with Gasteiger partial charge >= 0.3 is 0 Å². The zero-order valence-electron chi connectivity index (χ0n) is 16.8. The molecule has 0 aromatic heterocycles. The highest BCUT2D eigenvalue weighted by Gasteiger charge is 2.31. The molecule has 5 heteroatoms. The van der Waals surface area contributed by atoms with Gasteiger partial charge in [0.15, 0.2) is 0 Å². The Labute approximate surface area is 180 Å². The van der Waals surface area contributed by atoms with Crippen LogP contribution in [0.5, 0.6) is 5.75 Å². The summed E-state index contributed by atoms with van der Waals surface area (Å²) in [6.07, 6.45) is 9.30.